The van der Waals surface area contributed by atoms with Crippen molar-refractivity contribution in [2.24, 2.45) is 5.73 Å². The van der Waals surface area contributed by atoms with Gasteiger partial charge in [0.2, 0.25) is 0 Å². The largest absolute Gasteiger partial charge is 0.370 e. The standard InChI is InChI=1S/C13H17N3/c14-9-11-4-6-13(7-5-11)16-8-2-1-3-12(15)10-16/h4-7,12H,1-3,8,10,15H2/t12-/m0/s1. The van der Waals surface area contributed by atoms with Gasteiger partial charge in [0.15, 0.2) is 0 Å². The van der Waals surface area contributed by atoms with Gasteiger partial charge in [0.05, 0.1) is 11.6 Å². The van der Waals surface area contributed by atoms with Gasteiger partial charge >= 0.3 is 0 Å². The van der Waals surface area contributed by atoms with Crippen LogP contribution in [0.2, 0.25) is 0 Å². The van der Waals surface area contributed by atoms with E-state index >= 15 is 0 Å². The molecule has 0 bridgehead atoms. The van der Waals surface area contributed by atoms with Crippen molar-refractivity contribution in [1.29, 1.82) is 5.26 Å². The molecular weight excluding hydrogens is 198 g/mol. The van der Waals surface area contributed by atoms with Crippen molar-refractivity contribution in [3.8, 4) is 6.07 Å². The molecule has 0 radical (unpaired) electrons. The molecule has 1 fully saturated rings. The van der Waals surface area contributed by atoms with Crippen molar-refractivity contribution >= 4 is 5.69 Å². The molecule has 3 heteroatoms. The Morgan fingerprint density at radius 1 is 1.25 bits per heavy atom. The Morgan fingerprint density at radius 2 is 2.00 bits per heavy atom. The smallest absolute Gasteiger partial charge is 0.0991 e. The van der Waals surface area contributed by atoms with Gasteiger partial charge in [0.1, 0.15) is 0 Å². The SMILES string of the molecule is N#Cc1ccc(N2CCCC[C@H](N)C2)cc1. The van der Waals surface area contributed by atoms with Gasteiger partial charge in [-0.25, -0.2) is 0 Å². The third kappa shape index (κ3) is 2.53. The van der Waals surface area contributed by atoms with Crippen LogP contribution >= 0.6 is 0 Å². The van der Waals surface area contributed by atoms with E-state index in [9.17, 15) is 0 Å². The second-order valence-corrected chi connectivity index (χ2v) is 4.36. The average molecular weight is 215 g/mol. The second-order valence-electron chi connectivity index (χ2n) is 4.36. The quantitative estimate of drug-likeness (QED) is 0.778. The van der Waals surface area contributed by atoms with Gasteiger partial charge in [-0.1, -0.05) is 6.42 Å². The summed E-state index contributed by atoms with van der Waals surface area (Å²) >= 11 is 0. The van der Waals surface area contributed by atoms with Crippen LogP contribution in [0, 0.1) is 11.3 Å². The molecular formula is C13H17N3. The van der Waals surface area contributed by atoms with E-state index in [1.54, 1.807) is 0 Å². The van der Waals surface area contributed by atoms with Crippen molar-refractivity contribution in [2.45, 2.75) is 25.3 Å². The number of hydrogen-bond acceptors (Lipinski definition) is 3. The Hall–Kier alpha value is -1.53. The molecule has 1 atom stereocenters. The number of anilines is 1. The van der Waals surface area contributed by atoms with Gasteiger partial charge in [-0.05, 0) is 37.1 Å². The number of rotatable bonds is 1. The molecule has 1 saturated heterocycles. The maximum Gasteiger partial charge on any atom is 0.0991 e. The molecule has 0 aromatic heterocycles. The minimum atomic E-state index is 0.276. The third-order valence-corrected chi connectivity index (χ3v) is 3.07. The lowest BCUT2D eigenvalue weighted by atomic mass is 10.1. The number of nitriles is 1. The minimum absolute atomic E-state index is 0.276. The summed E-state index contributed by atoms with van der Waals surface area (Å²) in [4.78, 5) is 2.32. The van der Waals surface area contributed by atoms with Gasteiger partial charge in [0, 0.05) is 24.8 Å². The van der Waals surface area contributed by atoms with Crippen LogP contribution in [0.1, 0.15) is 24.8 Å². The Kier molecular flexibility index (Phi) is 3.43. The van der Waals surface area contributed by atoms with Crippen molar-refractivity contribution in [2.75, 3.05) is 18.0 Å². The summed E-state index contributed by atoms with van der Waals surface area (Å²) in [5.41, 5.74) is 7.91. The molecule has 0 aliphatic carbocycles. The molecule has 1 aromatic rings. The van der Waals surface area contributed by atoms with Crippen LogP contribution in [-0.4, -0.2) is 19.1 Å². The van der Waals surface area contributed by atoms with E-state index in [-0.39, 0.29) is 6.04 Å². The average Bonchev–Trinajstić information content (AvgIpc) is 2.54. The molecule has 0 spiro atoms. The molecule has 16 heavy (non-hydrogen) atoms. The van der Waals surface area contributed by atoms with Crippen molar-refractivity contribution in [1.82, 2.24) is 0 Å². The Bertz CT molecular complexity index is 377. The van der Waals surface area contributed by atoms with E-state index < -0.39 is 0 Å². The minimum Gasteiger partial charge on any atom is -0.370 e. The van der Waals surface area contributed by atoms with Gasteiger partial charge in [-0.2, -0.15) is 5.26 Å². The van der Waals surface area contributed by atoms with E-state index in [0.29, 0.717) is 5.56 Å². The Morgan fingerprint density at radius 3 is 2.69 bits per heavy atom. The Balaban J connectivity index is 2.12. The zero-order chi connectivity index (χ0) is 11.4. The molecule has 3 nitrogen and oxygen atoms in total. The lowest BCUT2D eigenvalue weighted by molar-refractivity contribution is 0.621. The number of hydrogen-bond donors (Lipinski definition) is 1. The van der Waals surface area contributed by atoms with Crippen molar-refractivity contribution in [3.05, 3.63) is 29.8 Å². The maximum absolute atomic E-state index is 8.74. The summed E-state index contributed by atoms with van der Waals surface area (Å²) in [5.74, 6) is 0. The van der Waals surface area contributed by atoms with Crippen LogP contribution in [0.15, 0.2) is 24.3 Å². The topological polar surface area (TPSA) is 53.0 Å². The van der Waals surface area contributed by atoms with Crippen molar-refractivity contribution in [3.63, 3.8) is 0 Å². The lowest BCUT2D eigenvalue weighted by Crippen LogP contribution is -2.35. The van der Waals surface area contributed by atoms with E-state index in [0.717, 1.165) is 19.5 Å². The molecule has 1 aromatic carbocycles. The second kappa shape index (κ2) is 5.00. The van der Waals surface area contributed by atoms with Gasteiger partial charge in [0.25, 0.3) is 0 Å². The van der Waals surface area contributed by atoms with Crippen LogP contribution in [-0.2, 0) is 0 Å². The van der Waals surface area contributed by atoms with Gasteiger partial charge in [-0.15, -0.1) is 0 Å². The highest BCUT2D eigenvalue weighted by Crippen LogP contribution is 2.19. The highest BCUT2D eigenvalue weighted by molar-refractivity contribution is 5.49. The molecule has 1 aliphatic rings. The zero-order valence-corrected chi connectivity index (χ0v) is 9.39. The molecule has 0 saturated carbocycles. The summed E-state index contributed by atoms with van der Waals surface area (Å²) in [6, 6.07) is 10.2. The summed E-state index contributed by atoms with van der Waals surface area (Å²) in [6.45, 7) is 1.99. The summed E-state index contributed by atoms with van der Waals surface area (Å²) in [5, 5.41) is 8.74. The predicted molar refractivity (Wildman–Crippen MR) is 65.2 cm³/mol. The molecule has 0 unspecified atom stereocenters. The van der Waals surface area contributed by atoms with Crippen LogP contribution in [0.25, 0.3) is 0 Å². The fraction of sp³-hybridized carbons (Fsp3) is 0.462. The zero-order valence-electron chi connectivity index (χ0n) is 9.39. The first-order valence-corrected chi connectivity index (χ1v) is 5.80. The van der Waals surface area contributed by atoms with E-state index in [2.05, 4.69) is 11.0 Å². The molecule has 0 amide bonds. The summed E-state index contributed by atoms with van der Waals surface area (Å²) < 4.78 is 0. The lowest BCUT2D eigenvalue weighted by Gasteiger charge is -2.24. The normalized spacial score (nSPS) is 21.2. The van der Waals surface area contributed by atoms with Crippen molar-refractivity contribution < 1.29 is 0 Å². The number of benzene rings is 1. The fourth-order valence-electron chi connectivity index (χ4n) is 2.16. The maximum atomic E-state index is 8.74. The van der Waals surface area contributed by atoms with Crippen LogP contribution in [0.4, 0.5) is 5.69 Å². The van der Waals surface area contributed by atoms with Gasteiger partial charge < -0.3 is 10.6 Å². The first-order chi connectivity index (χ1) is 7.79. The first-order valence-electron chi connectivity index (χ1n) is 5.80. The van der Waals surface area contributed by atoms with Gasteiger partial charge in [-0.3, -0.25) is 0 Å². The fourth-order valence-corrected chi connectivity index (χ4v) is 2.16. The van der Waals surface area contributed by atoms with E-state index in [4.69, 9.17) is 11.0 Å². The van der Waals surface area contributed by atoms with E-state index in [1.165, 1.54) is 18.5 Å². The summed E-state index contributed by atoms with van der Waals surface area (Å²) in [6.07, 6.45) is 3.54. The molecule has 1 heterocycles. The molecule has 2 rings (SSSR count). The van der Waals surface area contributed by atoms with Crippen LogP contribution < -0.4 is 10.6 Å². The number of nitrogens with two attached hydrogens (primary N) is 1. The van der Waals surface area contributed by atoms with Crippen LogP contribution in [0.5, 0.6) is 0 Å². The number of nitrogens with zero attached hydrogens (tertiary/aromatic N) is 2. The first kappa shape index (κ1) is 11.0. The third-order valence-electron chi connectivity index (χ3n) is 3.07. The molecule has 84 valence electrons. The monoisotopic (exact) mass is 215 g/mol. The highest BCUT2D eigenvalue weighted by atomic mass is 15.1. The highest BCUT2D eigenvalue weighted by Gasteiger charge is 2.14. The predicted octanol–water partition coefficient (Wildman–Crippen LogP) is 1.88. The van der Waals surface area contributed by atoms with Crippen LogP contribution in [0.3, 0.4) is 0 Å². The molecule has 1 aliphatic heterocycles. The Labute approximate surface area is 96.5 Å². The summed E-state index contributed by atoms with van der Waals surface area (Å²) in [7, 11) is 0. The molecule has 2 N–H and O–H groups in total. The van der Waals surface area contributed by atoms with E-state index in [1.807, 2.05) is 24.3 Å².